The van der Waals surface area contributed by atoms with E-state index in [0.29, 0.717) is 17.4 Å². The quantitative estimate of drug-likeness (QED) is 0.321. The highest BCUT2D eigenvalue weighted by molar-refractivity contribution is 5.79. The highest BCUT2D eigenvalue weighted by Crippen LogP contribution is 2.07. The fourth-order valence-electron chi connectivity index (χ4n) is 1.24. The first-order valence-electron chi connectivity index (χ1n) is 5.61. The predicted molar refractivity (Wildman–Crippen MR) is 67.7 cm³/mol. The summed E-state index contributed by atoms with van der Waals surface area (Å²) < 4.78 is 13.3. The molecule has 1 aromatic carbocycles. The van der Waals surface area contributed by atoms with Crippen molar-refractivity contribution in [3.63, 3.8) is 0 Å². The van der Waals surface area contributed by atoms with Crippen molar-refractivity contribution >= 4 is 5.96 Å². The van der Waals surface area contributed by atoms with Crippen molar-refractivity contribution in [2.45, 2.75) is 20.4 Å². The summed E-state index contributed by atoms with van der Waals surface area (Å²) in [7, 11) is 0. The molecule has 94 valence electrons. The summed E-state index contributed by atoms with van der Waals surface area (Å²) in [6.07, 6.45) is 0. The molecule has 0 aliphatic carbocycles. The molecule has 0 fully saturated rings. The fourth-order valence-corrected chi connectivity index (χ4v) is 1.24. The first-order valence-corrected chi connectivity index (χ1v) is 5.61. The van der Waals surface area contributed by atoms with Crippen LogP contribution in [0.5, 0.6) is 0 Å². The molecule has 17 heavy (non-hydrogen) atoms. The number of halogens is 1. The van der Waals surface area contributed by atoms with Crippen molar-refractivity contribution in [3.05, 3.63) is 35.6 Å². The summed E-state index contributed by atoms with van der Waals surface area (Å²) in [5, 5.41) is 3.05. The van der Waals surface area contributed by atoms with Gasteiger partial charge in [0.25, 0.3) is 0 Å². The molecule has 4 nitrogen and oxygen atoms in total. The molecule has 0 amide bonds. The molecule has 0 heterocycles. The molecule has 0 radical (unpaired) electrons. The van der Waals surface area contributed by atoms with Gasteiger partial charge in [-0.05, 0) is 12.0 Å². The topological polar surface area (TPSA) is 62.4 Å². The van der Waals surface area contributed by atoms with E-state index in [1.54, 1.807) is 18.2 Å². The highest BCUT2D eigenvalue weighted by Gasteiger charge is 2.01. The predicted octanol–water partition coefficient (Wildman–Crippen LogP) is 1.39. The highest BCUT2D eigenvalue weighted by atomic mass is 19.1. The Bertz CT molecular complexity index is 377. The van der Waals surface area contributed by atoms with Gasteiger partial charge in [0.15, 0.2) is 0 Å². The van der Waals surface area contributed by atoms with Crippen molar-refractivity contribution in [1.29, 1.82) is 0 Å². The Kier molecular flexibility index (Phi) is 5.42. The van der Waals surface area contributed by atoms with E-state index in [1.165, 1.54) is 6.07 Å². The molecule has 4 N–H and O–H groups in total. The van der Waals surface area contributed by atoms with E-state index in [-0.39, 0.29) is 12.4 Å². The number of guanidine groups is 1. The summed E-state index contributed by atoms with van der Waals surface area (Å²) in [4.78, 5) is 4.17. The maximum absolute atomic E-state index is 13.3. The Morgan fingerprint density at radius 2 is 2.12 bits per heavy atom. The third-order valence-corrected chi connectivity index (χ3v) is 2.18. The summed E-state index contributed by atoms with van der Waals surface area (Å²) in [6.45, 7) is 5.19. The lowest BCUT2D eigenvalue weighted by atomic mass is 10.2. The van der Waals surface area contributed by atoms with E-state index < -0.39 is 0 Å². The maximum atomic E-state index is 13.3. The second-order valence-corrected chi connectivity index (χ2v) is 4.18. The fraction of sp³-hybridized carbons (Fsp3) is 0.417. The summed E-state index contributed by atoms with van der Waals surface area (Å²) in [5.41, 5.74) is 3.01. The van der Waals surface area contributed by atoms with Crippen LogP contribution in [0.25, 0.3) is 0 Å². The second-order valence-electron chi connectivity index (χ2n) is 4.18. The van der Waals surface area contributed by atoms with Gasteiger partial charge in [0.1, 0.15) is 5.82 Å². The number of hydrogen-bond acceptors (Lipinski definition) is 2. The van der Waals surface area contributed by atoms with Gasteiger partial charge < -0.3 is 5.32 Å². The first kappa shape index (κ1) is 13.4. The number of nitrogens with two attached hydrogens (primary N) is 1. The monoisotopic (exact) mass is 238 g/mol. The number of hydrazine groups is 1. The zero-order valence-electron chi connectivity index (χ0n) is 10.2. The van der Waals surface area contributed by atoms with Crippen LogP contribution in [0.2, 0.25) is 0 Å². The molecule has 0 saturated heterocycles. The molecule has 0 aliphatic heterocycles. The van der Waals surface area contributed by atoms with Gasteiger partial charge in [-0.1, -0.05) is 32.0 Å². The van der Waals surface area contributed by atoms with Crippen molar-refractivity contribution in [2.24, 2.45) is 16.8 Å². The largest absolute Gasteiger partial charge is 0.355 e. The molecule has 0 saturated carbocycles. The van der Waals surface area contributed by atoms with Crippen molar-refractivity contribution in [1.82, 2.24) is 10.7 Å². The maximum Gasteiger partial charge on any atom is 0.206 e. The van der Waals surface area contributed by atoms with Gasteiger partial charge in [-0.3, -0.25) is 5.43 Å². The molecule has 1 aromatic rings. The van der Waals surface area contributed by atoms with Gasteiger partial charge in [0, 0.05) is 12.1 Å². The number of rotatable bonds is 4. The SMILES string of the molecule is CC(C)CNC(=NCc1ccccc1F)NN. The second kappa shape index (κ2) is 6.85. The van der Waals surface area contributed by atoms with E-state index in [2.05, 4.69) is 29.6 Å². The van der Waals surface area contributed by atoms with Crippen LogP contribution in [0, 0.1) is 11.7 Å². The minimum absolute atomic E-state index is 0.253. The molecule has 1 rings (SSSR count). The molecule has 0 bridgehead atoms. The Balaban J connectivity index is 2.58. The van der Waals surface area contributed by atoms with E-state index in [1.807, 2.05) is 0 Å². The van der Waals surface area contributed by atoms with Crippen LogP contribution in [-0.4, -0.2) is 12.5 Å². The van der Waals surface area contributed by atoms with Crippen LogP contribution in [0.1, 0.15) is 19.4 Å². The van der Waals surface area contributed by atoms with Crippen molar-refractivity contribution in [2.75, 3.05) is 6.54 Å². The van der Waals surface area contributed by atoms with Crippen LogP contribution >= 0.6 is 0 Å². The molecule has 0 aliphatic rings. The average molecular weight is 238 g/mol. The third kappa shape index (κ3) is 4.82. The lowest BCUT2D eigenvalue weighted by Gasteiger charge is -2.11. The smallest absolute Gasteiger partial charge is 0.206 e. The zero-order valence-corrected chi connectivity index (χ0v) is 10.2. The number of nitrogens with zero attached hydrogens (tertiary/aromatic N) is 1. The number of nitrogens with one attached hydrogen (secondary N) is 2. The number of hydrogen-bond donors (Lipinski definition) is 3. The summed E-state index contributed by atoms with van der Waals surface area (Å²) >= 11 is 0. The molecule has 0 aromatic heterocycles. The minimum Gasteiger partial charge on any atom is -0.355 e. The molecule has 0 atom stereocenters. The Hall–Kier alpha value is -1.62. The lowest BCUT2D eigenvalue weighted by Crippen LogP contribution is -2.42. The van der Waals surface area contributed by atoms with Gasteiger partial charge >= 0.3 is 0 Å². The van der Waals surface area contributed by atoms with Gasteiger partial charge in [-0.25, -0.2) is 15.2 Å². The van der Waals surface area contributed by atoms with Crippen molar-refractivity contribution < 1.29 is 4.39 Å². The van der Waals surface area contributed by atoms with Crippen LogP contribution < -0.4 is 16.6 Å². The van der Waals surface area contributed by atoms with Gasteiger partial charge in [0.2, 0.25) is 5.96 Å². The molecule has 0 spiro atoms. The molecule has 5 heteroatoms. The van der Waals surface area contributed by atoms with Crippen molar-refractivity contribution in [3.8, 4) is 0 Å². The standard InChI is InChI=1S/C12H19FN4/c1-9(2)7-15-12(17-14)16-8-10-5-3-4-6-11(10)13/h3-6,9H,7-8,14H2,1-2H3,(H2,15,16,17). The van der Waals surface area contributed by atoms with Gasteiger partial charge in [-0.15, -0.1) is 0 Å². The van der Waals surface area contributed by atoms with Gasteiger partial charge in [0.05, 0.1) is 6.54 Å². The summed E-state index contributed by atoms with van der Waals surface area (Å²) in [5.74, 6) is 6.03. The van der Waals surface area contributed by atoms with Crippen LogP contribution in [0.3, 0.4) is 0 Å². The summed E-state index contributed by atoms with van der Waals surface area (Å²) in [6, 6.07) is 6.56. The molecule has 0 unspecified atom stereocenters. The van der Waals surface area contributed by atoms with Gasteiger partial charge in [-0.2, -0.15) is 0 Å². The molecular formula is C12H19FN4. The third-order valence-electron chi connectivity index (χ3n) is 2.18. The van der Waals surface area contributed by atoms with E-state index >= 15 is 0 Å². The Labute approximate surface area is 101 Å². The van der Waals surface area contributed by atoms with Crippen LogP contribution in [0.4, 0.5) is 4.39 Å². The van der Waals surface area contributed by atoms with E-state index in [0.717, 1.165) is 6.54 Å². The van der Waals surface area contributed by atoms with E-state index in [4.69, 9.17) is 5.84 Å². The Morgan fingerprint density at radius 1 is 1.41 bits per heavy atom. The average Bonchev–Trinajstić information content (AvgIpc) is 2.31. The Morgan fingerprint density at radius 3 is 2.71 bits per heavy atom. The lowest BCUT2D eigenvalue weighted by molar-refractivity contribution is 0.605. The molecular weight excluding hydrogens is 219 g/mol. The minimum atomic E-state index is -0.253. The van der Waals surface area contributed by atoms with E-state index in [9.17, 15) is 4.39 Å². The number of benzene rings is 1. The first-order chi connectivity index (χ1) is 8.13. The van der Waals surface area contributed by atoms with Crippen LogP contribution in [-0.2, 0) is 6.54 Å². The number of aliphatic imine (C=N–C) groups is 1. The normalized spacial score (nSPS) is 11.7. The van der Waals surface area contributed by atoms with Crippen LogP contribution in [0.15, 0.2) is 29.3 Å². The zero-order chi connectivity index (χ0) is 12.7.